The molecule has 1 aromatic carbocycles. The van der Waals surface area contributed by atoms with Crippen molar-refractivity contribution in [2.45, 2.75) is 52.3 Å². The minimum atomic E-state index is -0.581. The number of fused-ring (bicyclic) bond motifs is 1. The van der Waals surface area contributed by atoms with Crippen LogP contribution in [0, 0.1) is 5.82 Å². The average molecular weight is 537 g/mol. The second-order valence-electron chi connectivity index (χ2n) is 10.6. The second-order valence-corrected chi connectivity index (χ2v) is 11.0. The van der Waals surface area contributed by atoms with Gasteiger partial charge in [-0.15, -0.1) is 0 Å². The third-order valence-corrected chi connectivity index (χ3v) is 6.80. The molecule has 0 N–H and O–H groups in total. The van der Waals surface area contributed by atoms with Crippen molar-refractivity contribution in [3.8, 4) is 16.9 Å². The largest absolute Gasteiger partial charge is 0.444 e. The minimum Gasteiger partial charge on any atom is -0.444 e. The Morgan fingerprint density at radius 3 is 2.53 bits per heavy atom. The van der Waals surface area contributed by atoms with Gasteiger partial charge in [0.2, 0.25) is 0 Å². The van der Waals surface area contributed by atoms with Crippen molar-refractivity contribution in [2.75, 3.05) is 18.0 Å². The lowest BCUT2D eigenvalue weighted by molar-refractivity contribution is 0.0130. The standard InChI is InChI=1S/C28H30ClFN6O2/c1-17-14-35(27(37)38-28(3,4)5)18(2)13-34(17)25-24-21(20-8-6-7-9-22(20)30)15-36(26(24)33-16-32-25)23-12-19(29)10-11-31-23/h6-12,15-18H,13-14H2,1-5H3/t17?,18-/m0/s1. The third-order valence-electron chi connectivity index (χ3n) is 6.57. The lowest BCUT2D eigenvalue weighted by Gasteiger charge is -2.44. The SMILES string of the molecule is CC1CN(C(=O)OC(C)(C)C)[C@@H](C)CN1c1ncnc2c1c(-c1ccccc1F)cn2-c1cc(Cl)ccn1. The predicted molar refractivity (Wildman–Crippen MR) is 146 cm³/mol. The smallest absolute Gasteiger partial charge is 0.410 e. The molecule has 0 saturated carbocycles. The molecule has 2 atom stereocenters. The van der Waals surface area contributed by atoms with Gasteiger partial charge < -0.3 is 14.5 Å². The Hall–Kier alpha value is -3.72. The van der Waals surface area contributed by atoms with Crippen molar-refractivity contribution in [3.63, 3.8) is 0 Å². The molecule has 1 fully saturated rings. The van der Waals surface area contributed by atoms with Crippen LogP contribution in [0.25, 0.3) is 28.0 Å². The highest BCUT2D eigenvalue weighted by atomic mass is 35.5. The van der Waals surface area contributed by atoms with Gasteiger partial charge >= 0.3 is 6.09 Å². The van der Waals surface area contributed by atoms with Gasteiger partial charge in [-0.05, 0) is 46.8 Å². The van der Waals surface area contributed by atoms with E-state index in [9.17, 15) is 4.79 Å². The van der Waals surface area contributed by atoms with Crippen LogP contribution in [0.4, 0.5) is 15.0 Å². The minimum absolute atomic E-state index is 0.0852. The van der Waals surface area contributed by atoms with Crippen LogP contribution >= 0.6 is 11.6 Å². The topological polar surface area (TPSA) is 76.4 Å². The van der Waals surface area contributed by atoms with Gasteiger partial charge in [0.05, 0.1) is 5.39 Å². The highest BCUT2D eigenvalue weighted by molar-refractivity contribution is 6.30. The second kappa shape index (κ2) is 9.87. The van der Waals surface area contributed by atoms with Gasteiger partial charge in [0.25, 0.3) is 0 Å². The molecule has 3 aromatic heterocycles. The van der Waals surface area contributed by atoms with Gasteiger partial charge in [0.1, 0.15) is 29.4 Å². The van der Waals surface area contributed by atoms with Gasteiger partial charge in [-0.3, -0.25) is 4.57 Å². The summed E-state index contributed by atoms with van der Waals surface area (Å²) < 4.78 is 22.6. The fourth-order valence-electron chi connectivity index (χ4n) is 4.84. The Bertz CT molecular complexity index is 1500. The normalized spacial score (nSPS) is 18.2. The van der Waals surface area contributed by atoms with Crippen molar-refractivity contribution < 1.29 is 13.9 Å². The highest BCUT2D eigenvalue weighted by Crippen LogP contribution is 2.39. The summed E-state index contributed by atoms with van der Waals surface area (Å²) in [6.07, 6.45) is 4.61. The fraction of sp³-hybridized carbons (Fsp3) is 0.357. The van der Waals surface area contributed by atoms with Crippen molar-refractivity contribution >= 4 is 34.5 Å². The van der Waals surface area contributed by atoms with Crippen LogP contribution in [0.1, 0.15) is 34.6 Å². The van der Waals surface area contributed by atoms with E-state index in [0.29, 0.717) is 51.9 Å². The number of nitrogens with zero attached hydrogens (tertiary/aromatic N) is 6. The van der Waals surface area contributed by atoms with Crippen LogP contribution in [0.15, 0.2) is 55.1 Å². The summed E-state index contributed by atoms with van der Waals surface area (Å²) in [7, 11) is 0. The maximum absolute atomic E-state index is 15.1. The first kappa shape index (κ1) is 25.9. The van der Waals surface area contributed by atoms with E-state index in [-0.39, 0.29) is 24.0 Å². The zero-order chi connectivity index (χ0) is 27.2. The number of pyridine rings is 1. The number of aromatic nitrogens is 4. The zero-order valence-electron chi connectivity index (χ0n) is 22.0. The quantitative estimate of drug-likeness (QED) is 0.314. The molecule has 0 spiro atoms. The number of hydrogen-bond donors (Lipinski definition) is 0. The molecule has 0 aliphatic carbocycles. The first-order valence-corrected chi connectivity index (χ1v) is 12.9. The Kier molecular flexibility index (Phi) is 6.73. The number of ether oxygens (including phenoxy) is 1. The Labute approximate surface area is 226 Å². The molecule has 1 saturated heterocycles. The van der Waals surface area contributed by atoms with E-state index in [1.807, 2.05) is 40.8 Å². The van der Waals surface area contributed by atoms with Gasteiger partial charge in [-0.25, -0.2) is 24.1 Å². The molecule has 10 heteroatoms. The van der Waals surface area contributed by atoms with E-state index in [2.05, 4.69) is 19.9 Å². The van der Waals surface area contributed by atoms with E-state index in [1.165, 1.54) is 12.4 Å². The number of piperazine rings is 1. The van der Waals surface area contributed by atoms with Crippen LogP contribution in [-0.2, 0) is 4.74 Å². The summed E-state index contributed by atoms with van der Waals surface area (Å²) in [6.45, 7) is 10.6. The number of benzene rings is 1. The highest BCUT2D eigenvalue weighted by Gasteiger charge is 2.36. The number of anilines is 1. The van der Waals surface area contributed by atoms with Crippen LogP contribution in [0.2, 0.25) is 5.02 Å². The molecule has 5 rings (SSSR count). The lowest BCUT2D eigenvalue weighted by atomic mass is 10.0. The van der Waals surface area contributed by atoms with E-state index in [0.717, 1.165) is 0 Å². The van der Waals surface area contributed by atoms with E-state index >= 15 is 4.39 Å². The number of hydrogen-bond acceptors (Lipinski definition) is 6. The molecular formula is C28H30ClFN6O2. The van der Waals surface area contributed by atoms with Gasteiger partial charge in [-0.1, -0.05) is 29.8 Å². The molecule has 0 bridgehead atoms. The summed E-state index contributed by atoms with van der Waals surface area (Å²) in [5, 5.41) is 1.23. The van der Waals surface area contributed by atoms with E-state index < -0.39 is 5.60 Å². The molecule has 1 aliphatic rings. The lowest BCUT2D eigenvalue weighted by Crippen LogP contribution is -2.59. The fourth-order valence-corrected chi connectivity index (χ4v) is 5.00. The van der Waals surface area contributed by atoms with Gasteiger partial charge in [-0.2, -0.15) is 0 Å². The Morgan fingerprint density at radius 2 is 1.82 bits per heavy atom. The van der Waals surface area contributed by atoms with Crippen molar-refractivity contribution in [3.05, 3.63) is 66.0 Å². The van der Waals surface area contributed by atoms with E-state index in [4.69, 9.17) is 16.3 Å². The molecule has 0 radical (unpaired) electrons. The molecule has 1 unspecified atom stereocenters. The molecule has 4 aromatic rings. The first-order valence-electron chi connectivity index (χ1n) is 12.5. The first-order chi connectivity index (χ1) is 18.0. The summed E-state index contributed by atoms with van der Waals surface area (Å²) in [4.78, 5) is 30.5. The van der Waals surface area contributed by atoms with Gasteiger partial charge in [0, 0.05) is 59.8 Å². The number of carbonyl (C=O) groups is 1. The maximum atomic E-state index is 15.1. The molecule has 8 nitrogen and oxygen atoms in total. The molecule has 1 amide bonds. The predicted octanol–water partition coefficient (Wildman–Crippen LogP) is 6.11. The molecule has 4 heterocycles. The van der Waals surface area contributed by atoms with Crippen LogP contribution in [0.3, 0.4) is 0 Å². The monoisotopic (exact) mass is 536 g/mol. The third kappa shape index (κ3) is 4.90. The number of carbonyl (C=O) groups excluding carboxylic acids is 1. The zero-order valence-corrected chi connectivity index (χ0v) is 22.8. The summed E-state index contributed by atoms with van der Waals surface area (Å²) in [5.74, 6) is 0.875. The average Bonchev–Trinajstić information content (AvgIpc) is 3.24. The van der Waals surface area contributed by atoms with Crippen molar-refractivity contribution in [1.29, 1.82) is 0 Å². The maximum Gasteiger partial charge on any atom is 0.410 e. The van der Waals surface area contributed by atoms with E-state index in [1.54, 1.807) is 46.0 Å². The number of amides is 1. The van der Waals surface area contributed by atoms with Gasteiger partial charge in [0.15, 0.2) is 5.65 Å². The molecule has 1 aliphatic heterocycles. The summed E-state index contributed by atoms with van der Waals surface area (Å²) in [6, 6.07) is 9.84. The van der Waals surface area contributed by atoms with Crippen LogP contribution in [0.5, 0.6) is 0 Å². The van der Waals surface area contributed by atoms with Crippen LogP contribution < -0.4 is 4.90 Å². The van der Waals surface area contributed by atoms with Crippen molar-refractivity contribution in [1.82, 2.24) is 24.4 Å². The Balaban J connectivity index is 1.63. The van der Waals surface area contributed by atoms with Crippen LogP contribution in [-0.4, -0.2) is 61.3 Å². The number of rotatable bonds is 3. The summed E-state index contributed by atoms with van der Waals surface area (Å²) >= 11 is 6.27. The molecule has 38 heavy (non-hydrogen) atoms. The van der Waals surface area contributed by atoms with Crippen molar-refractivity contribution in [2.24, 2.45) is 0 Å². The Morgan fingerprint density at radius 1 is 1.05 bits per heavy atom. The molecule has 198 valence electrons. The number of halogens is 2. The molecular weight excluding hydrogens is 507 g/mol. The summed E-state index contributed by atoms with van der Waals surface area (Å²) in [5.41, 5.74) is 1.08.